The van der Waals surface area contributed by atoms with Gasteiger partial charge in [-0.2, -0.15) is 0 Å². The summed E-state index contributed by atoms with van der Waals surface area (Å²) in [5.41, 5.74) is 0.730. The molecule has 0 aliphatic heterocycles. The molecule has 1 rings (SSSR count). The van der Waals surface area contributed by atoms with Crippen LogP contribution in [0.25, 0.3) is 0 Å². The van der Waals surface area contributed by atoms with E-state index in [2.05, 4.69) is 30.8 Å². The summed E-state index contributed by atoms with van der Waals surface area (Å²) >= 11 is 5.86. The second-order valence-electron chi connectivity index (χ2n) is 5.33. The number of carbonyl (C=O) groups excluding carboxylic acids is 1. The van der Waals surface area contributed by atoms with Crippen molar-refractivity contribution in [2.24, 2.45) is 0 Å². The molecule has 3 nitrogen and oxygen atoms in total. The van der Waals surface area contributed by atoms with Gasteiger partial charge in [-0.25, -0.2) is 0 Å². The van der Waals surface area contributed by atoms with E-state index in [0.29, 0.717) is 5.02 Å². The molecule has 0 radical (unpaired) electrons. The fraction of sp³-hybridized carbons (Fsp3) is 0.562. The van der Waals surface area contributed by atoms with Gasteiger partial charge in [-0.15, -0.1) is 0 Å². The average molecular weight is 297 g/mol. The first kappa shape index (κ1) is 17.2. The zero-order valence-corrected chi connectivity index (χ0v) is 13.7. The first-order valence-corrected chi connectivity index (χ1v) is 7.52. The number of likely N-dealkylation sites (N-methyl/N-ethyl adjacent to an activating group) is 1. The highest BCUT2D eigenvalue weighted by Gasteiger charge is 2.20. The summed E-state index contributed by atoms with van der Waals surface area (Å²) < 4.78 is 0. The van der Waals surface area contributed by atoms with Gasteiger partial charge in [0.05, 0.1) is 6.04 Å². The summed E-state index contributed by atoms with van der Waals surface area (Å²) in [6, 6.07) is 7.04. The minimum Gasteiger partial charge on any atom is -0.309 e. The molecule has 0 saturated carbocycles. The van der Waals surface area contributed by atoms with Crippen LogP contribution in [0.2, 0.25) is 5.02 Å². The van der Waals surface area contributed by atoms with Crippen molar-refractivity contribution in [3.05, 3.63) is 34.9 Å². The Morgan fingerprint density at radius 2 is 1.80 bits per heavy atom. The van der Waals surface area contributed by atoms with Crippen LogP contribution in [0, 0.1) is 0 Å². The van der Waals surface area contributed by atoms with Gasteiger partial charge in [0.2, 0.25) is 0 Å². The highest BCUT2D eigenvalue weighted by atomic mass is 35.5. The molecule has 20 heavy (non-hydrogen) atoms. The zero-order chi connectivity index (χ0) is 15.1. The van der Waals surface area contributed by atoms with E-state index < -0.39 is 0 Å². The number of hydrogen-bond acceptors (Lipinski definition) is 3. The Bertz CT molecular complexity index is 417. The maximum atomic E-state index is 12.5. The Morgan fingerprint density at radius 1 is 1.20 bits per heavy atom. The number of carbonyl (C=O) groups is 1. The average Bonchev–Trinajstić information content (AvgIpc) is 2.42. The van der Waals surface area contributed by atoms with Gasteiger partial charge in [-0.1, -0.05) is 18.5 Å². The summed E-state index contributed by atoms with van der Waals surface area (Å²) in [4.78, 5) is 16.8. The van der Waals surface area contributed by atoms with Crippen LogP contribution in [0.1, 0.15) is 30.6 Å². The van der Waals surface area contributed by atoms with Crippen molar-refractivity contribution in [3.8, 4) is 0 Å². The third-order valence-electron chi connectivity index (χ3n) is 3.51. The third-order valence-corrected chi connectivity index (χ3v) is 3.76. The molecule has 1 atom stereocenters. The summed E-state index contributed by atoms with van der Waals surface area (Å²) in [5, 5.41) is 0.660. The Kier molecular flexibility index (Phi) is 7.20. The van der Waals surface area contributed by atoms with Gasteiger partial charge in [-0.05, 0) is 64.8 Å². The minimum atomic E-state index is -0.0941. The molecule has 0 amide bonds. The van der Waals surface area contributed by atoms with Crippen molar-refractivity contribution < 1.29 is 4.79 Å². The fourth-order valence-electron chi connectivity index (χ4n) is 2.24. The molecule has 0 aromatic heterocycles. The van der Waals surface area contributed by atoms with E-state index in [9.17, 15) is 4.79 Å². The first-order valence-electron chi connectivity index (χ1n) is 7.14. The number of nitrogens with zero attached hydrogens (tertiary/aromatic N) is 2. The molecule has 1 aromatic carbocycles. The Labute approximate surface area is 127 Å². The van der Waals surface area contributed by atoms with E-state index in [0.717, 1.165) is 31.6 Å². The Balaban J connectivity index is 2.62. The number of Topliss-reactive ketones (excluding diaryl/α,β-unsaturated/α-hetero) is 1. The van der Waals surface area contributed by atoms with Gasteiger partial charge in [0.25, 0.3) is 0 Å². The normalized spacial score (nSPS) is 12.9. The molecule has 0 aliphatic carbocycles. The molecule has 0 fully saturated rings. The highest BCUT2D eigenvalue weighted by Crippen LogP contribution is 2.13. The lowest BCUT2D eigenvalue weighted by Crippen LogP contribution is -2.40. The maximum Gasteiger partial charge on any atom is 0.179 e. The van der Waals surface area contributed by atoms with Crippen molar-refractivity contribution in [1.82, 2.24) is 9.80 Å². The van der Waals surface area contributed by atoms with Crippen LogP contribution in [0.15, 0.2) is 24.3 Å². The lowest BCUT2D eigenvalue weighted by molar-refractivity contribution is 0.0840. The van der Waals surface area contributed by atoms with Gasteiger partial charge in [0.15, 0.2) is 5.78 Å². The van der Waals surface area contributed by atoms with E-state index in [1.807, 2.05) is 6.92 Å². The van der Waals surface area contributed by atoms with Gasteiger partial charge in [-0.3, -0.25) is 9.69 Å². The largest absolute Gasteiger partial charge is 0.309 e. The van der Waals surface area contributed by atoms with Crippen LogP contribution in [-0.4, -0.2) is 55.4 Å². The topological polar surface area (TPSA) is 23.6 Å². The summed E-state index contributed by atoms with van der Waals surface area (Å²) in [5.74, 6) is 0.161. The fourth-order valence-corrected chi connectivity index (χ4v) is 2.36. The predicted octanol–water partition coefficient (Wildman–Crippen LogP) is 3.18. The molecular weight excluding hydrogens is 272 g/mol. The van der Waals surface area contributed by atoms with E-state index in [4.69, 9.17) is 11.6 Å². The number of benzene rings is 1. The smallest absolute Gasteiger partial charge is 0.179 e. The van der Waals surface area contributed by atoms with Crippen molar-refractivity contribution in [2.75, 3.05) is 33.7 Å². The predicted molar refractivity (Wildman–Crippen MR) is 85.7 cm³/mol. The van der Waals surface area contributed by atoms with Gasteiger partial charge >= 0.3 is 0 Å². The molecule has 0 N–H and O–H groups in total. The summed E-state index contributed by atoms with van der Waals surface area (Å²) in [6.07, 6.45) is 1.07. The van der Waals surface area contributed by atoms with Crippen molar-refractivity contribution in [3.63, 3.8) is 0 Å². The number of halogens is 1. The van der Waals surface area contributed by atoms with Crippen molar-refractivity contribution in [1.29, 1.82) is 0 Å². The van der Waals surface area contributed by atoms with E-state index in [-0.39, 0.29) is 11.8 Å². The third kappa shape index (κ3) is 5.23. The highest BCUT2D eigenvalue weighted by molar-refractivity contribution is 6.30. The molecule has 0 saturated heterocycles. The monoisotopic (exact) mass is 296 g/mol. The zero-order valence-electron chi connectivity index (χ0n) is 12.9. The van der Waals surface area contributed by atoms with E-state index in [1.54, 1.807) is 24.3 Å². The van der Waals surface area contributed by atoms with E-state index in [1.165, 1.54) is 0 Å². The second-order valence-corrected chi connectivity index (χ2v) is 5.77. The SMILES string of the molecule is CCN(CCCN(C)C)C(C)C(=O)c1ccc(Cl)cc1. The van der Waals surface area contributed by atoms with Crippen LogP contribution < -0.4 is 0 Å². The minimum absolute atomic E-state index is 0.0941. The van der Waals surface area contributed by atoms with Crippen LogP contribution in [-0.2, 0) is 0 Å². The van der Waals surface area contributed by atoms with Gasteiger partial charge in [0.1, 0.15) is 0 Å². The molecule has 4 heteroatoms. The van der Waals surface area contributed by atoms with Crippen LogP contribution >= 0.6 is 11.6 Å². The number of ketones is 1. The second kappa shape index (κ2) is 8.40. The van der Waals surface area contributed by atoms with Crippen molar-refractivity contribution >= 4 is 17.4 Å². The Hall–Kier alpha value is -0.900. The molecule has 0 bridgehead atoms. The van der Waals surface area contributed by atoms with Crippen LogP contribution in [0.4, 0.5) is 0 Å². The summed E-state index contributed by atoms with van der Waals surface area (Å²) in [6.45, 7) is 6.94. The van der Waals surface area contributed by atoms with Gasteiger partial charge < -0.3 is 4.90 Å². The molecular formula is C16H25ClN2O. The molecule has 1 aromatic rings. The Morgan fingerprint density at radius 3 is 2.30 bits per heavy atom. The molecule has 112 valence electrons. The van der Waals surface area contributed by atoms with E-state index >= 15 is 0 Å². The first-order chi connectivity index (χ1) is 9.45. The quantitative estimate of drug-likeness (QED) is 0.688. The van der Waals surface area contributed by atoms with Gasteiger partial charge in [0, 0.05) is 17.1 Å². The van der Waals surface area contributed by atoms with Crippen LogP contribution in [0.3, 0.4) is 0 Å². The molecule has 0 spiro atoms. The lowest BCUT2D eigenvalue weighted by Gasteiger charge is -2.27. The molecule has 1 unspecified atom stereocenters. The maximum absolute atomic E-state index is 12.5. The number of hydrogen-bond donors (Lipinski definition) is 0. The molecule has 0 aliphatic rings. The van der Waals surface area contributed by atoms with Crippen LogP contribution in [0.5, 0.6) is 0 Å². The standard InChI is InChI=1S/C16H25ClN2O/c1-5-19(12-6-11-18(3)4)13(2)16(20)14-7-9-15(17)10-8-14/h7-10,13H,5-6,11-12H2,1-4H3. The van der Waals surface area contributed by atoms with Crippen molar-refractivity contribution in [2.45, 2.75) is 26.3 Å². The lowest BCUT2D eigenvalue weighted by atomic mass is 10.0. The molecule has 0 heterocycles. The summed E-state index contributed by atoms with van der Waals surface area (Å²) in [7, 11) is 4.14. The number of rotatable bonds is 8.